The van der Waals surface area contributed by atoms with Crippen molar-refractivity contribution in [2.75, 3.05) is 0 Å². The number of hydrogen-bond acceptors (Lipinski definition) is 3. The minimum absolute atomic E-state index is 0.0663. The molecule has 0 aliphatic carbocycles. The maximum absolute atomic E-state index is 14.2. The first-order chi connectivity index (χ1) is 15.0. The quantitative estimate of drug-likeness (QED) is 0.274. The number of nitrogen functional groups attached to an aromatic ring is 1. The Bertz CT molecular complexity index is 1150. The Morgan fingerprint density at radius 3 is 1.84 bits per heavy atom. The molecule has 0 saturated heterocycles. The van der Waals surface area contributed by atoms with Gasteiger partial charge in [-0.05, 0) is 36.8 Å². The van der Waals surface area contributed by atoms with Crippen LogP contribution in [0.15, 0.2) is 54.6 Å². The van der Waals surface area contributed by atoms with Crippen LogP contribution in [-0.2, 0) is 19.4 Å². The van der Waals surface area contributed by atoms with Crippen molar-refractivity contribution in [3.8, 4) is 11.5 Å². The van der Waals surface area contributed by atoms with E-state index in [1.54, 1.807) is 13.0 Å². The smallest absolute Gasteiger partial charge is 0.416 e. The van der Waals surface area contributed by atoms with Crippen LogP contribution in [0.4, 0.5) is 22.0 Å². The Labute approximate surface area is 180 Å². The lowest BCUT2D eigenvalue weighted by atomic mass is 10.1. The molecule has 4 nitrogen and oxygen atoms in total. The minimum atomic E-state index is -4.68. The largest absolute Gasteiger partial charge is 0.489 e. The molecule has 0 unspecified atom stereocenters. The Hall–Kier alpha value is -3.62. The monoisotopic (exact) mass is 450 g/mol. The SMILES string of the molecule is Cc1ccc(COc2cc(OCc3ccc(C(=N)N)cc3F)cc(C(F)(F)F)c2)c(F)c1. The minimum Gasteiger partial charge on any atom is -0.489 e. The van der Waals surface area contributed by atoms with Crippen molar-refractivity contribution >= 4 is 5.84 Å². The topological polar surface area (TPSA) is 68.3 Å². The molecule has 3 aromatic carbocycles. The van der Waals surface area contributed by atoms with Gasteiger partial charge in [0.1, 0.15) is 42.2 Å². The van der Waals surface area contributed by atoms with Crippen LogP contribution in [0.5, 0.6) is 11.5 Å². The molecule has 32 heavy (non-hydrogen) atoms. The number of alkyl halides is 3. The van der Waals surface area contributed by atoms with Crippen LogP contribution >= 0.6 is 0 Å². The third-order valence-electron chi connectivity index (χ3n) is 4.57. The molecule has 0 spiro atoms. The molecule has 3 N–H and O–H groups in total. The van der Waals surface area contributed by atoms with Crippen LogP contribution in [0.1, 0.15) is 27.8 Å². The second kappa shape index (κ2) is 9.25. The van der Waals surface area contributed by atoms with Crippen molar-refractivity contribution in [3.63, 3.8) is 0 Å². The van der Waals surface area contributed by atoms with Crippen LogP contribution in [0.3, 0.4) is 0 Å². The second-order valence-electron chi connectivity index (χ2n) is 7.08. The van der Waals surface area contributed by atoms with Gasteiger partial charge in [0.15, 0.2) is 0 Å². The zero-order chi connectivity index (χ0) is 23.5. The van der Waals surface area contributed by atoms with E-state index in [4.69, 9.17) is 20.6 Å². The number of nitrogens with one attached hydrogen (secondary N) is 1. The summed E-state index contributed by atoms with van der Waals surface area (Å²) in [5, 5.41) is 7.31. The van der Waals surface area contributed by atoms with E-state index in [0.29, 0.717) is 5.56 Å². The van der Waals surface area contributed by atoms with Crippen molar-refractivity contribution in [2.45, 2.75) is 26.3 Å². The average molecular weight is 450 g/mol. The maximum atomic E-state index is 14.2. The Kier molecular flexibility index (Phi) is 6.67. The fourth-order valence-corrected chi connectivity index (χ4v) is 2.83. The molecule has 0 atom stereocenters. The molecule has 3 aromatic rings. The van der Waals surface area contributed by atoms with Gasteiger partial charge in [-0.2, -0.15) is 13.2 Å². The van der Waals surface area contributed by atoms with Crippen LogP contribution < -0.4 is 15.2 Å². The van der Waals surface area contributed by atoms with Gasteiger partial charge in [0.25, 0.3) is 0 Å². The molecule has 0 saturated carbocycles. The fraction of sp³-hybridized carbons (Fsp3) is 0.174. The van der Waals surface area contributed by atoms with Gasteiger partial charge in [0, 0.05) is 22.8 Å². The highest BCUT2D eigenvalue weighted by Gasteiger charge is 2.32. The number of nitrogens with two attached hydrogens (primary N) is 1. The molecular formula is C23H19F5N2O2. The fourth-order valence-electron chi connectivity index (χ4n) is 2.83. The summed E-state index contributed by atoms with van der Waals surface area (Å²) in [5.74, 6) is -1.94. The Morgan fingerprint density at radius 1 is 0.844 bits per heavy atom. The molecule has 0 amide bonds. The van der Waals surface area contributed by atoms with Gasteiger partial charge in [-0.15, -0.1) is 0 Å². The summed E-state index contributed by atoms with van der Waals surface area (Å²) < 4.78 is 78.8. The molecule has 0 bridgehead atoms. The summed E-state index contributed by atoms with van der Waals surface area (Å²) in [6.45, 7) is 1.06. The molecule has 0 fully saturated rings. The van der Waals surface area contributed by atoms with Gasteiger partial charge < -0.3 is 15.2 Å². The number of rotatable bonds is 7. The molecule has 0 aromatic heterocycles. The van der Waals surface area contributed by atoms with E-state index < -0.39 is 23.4 Å². The number of ether oxygens (including phenoxy) is 2. The number of hydrogen-bond donors (Lipinski definition) is 2. The van der Waals surface area contributed by atoms with Crippen LogP contribution in [0.2, 0.25) is 0 Å². The molecule has 9 heteroatoms. The molecule has 168 valence electrons. The van der Waals surface area contributed by atoms with Crippen LogP contribution in [-0.4, -0.2) is 5.84 Å². The summed E-state index contributed by atoms with van der Waals surface area (Å²) in [7, 11) is 0. The summed E-state index contributed by atoms with van der Waals surface area (Å²) in [5.41, 5.74) is 5.39. The van der Waals surface area contributed by atoms with Crippen molar-refractivity contribution in [1.29, 1.82) is 5.41 Å². The number of amidine groups is 1. The normalized spacial score (nSPS) is 11.3. The summed E-state index contributed by atoms with van der Waals surface area (Å²) in [6.07, 6.45) is -4.68. The van der Waals surface area contributed by atoms with Gasteiger partial charge in [-0.25, -0.2) is 8.78 Å². The summed E-state index contributed by atoms with van der Waals surface area (Å²) in [6, 6.07) is 11.0. The van der Waals surface area contributed by atoms with Crippen LogP contribution in [0, 0.1) is 24.0 Å². The van der Waals surface area contributed by atoms with Gasteiger partial charge in [0.05, 0.1) is 5.56 Å². The zero-order valence-electron chi connectivity index (χ0n) is 16.9. The summed E-state index contributed by atoms with van der Waals surface area (Å²) in [4.78, 5) is 0. The van der Waals surface area contributed by atoms with E-state index in [-0.39, 0.29) is 47.2 Å². The molecule has 0 heterocycles. The maximum Gasteiger partial charge on any atom is 0.416 e. The lowest BCUT2D eigenvalue weighted by Crippen LogP contribution is -2.12. The highest BCUT2D eigenvalue weighted by atomic mass is 19.4. The standard InChI is InChI=1S/C23H19F5N2O2/c1-13-2-3-15(20(24)6-13)11-31-18-8-17(23(26,27)28)9-19(10-18)32-12-16-5-4-14(22(29)30)7-21(16)25/h2-10H,11-12H2,1H3,(H3,29,30). The first-order valence-electron chi connectivity index (χ1n) is 9.38. The third kappa shape index (κ3) is 5.75. The van der Waals surface area contributed by atoms with Crippen molar-refractivity contribution in [2.24, 2.45) is 5.73 Å². The lowest BCUT2D eigenvalue weighted by Gasteiger charge is -2.15. The zero-order valence-corrected chi connectivity index (χ0v) is 16.9. The summed E-state index contributed by atoms with van der Waals surface area (Å²) >= 11 is 0. The third-order valence-corrected chi connectivity index (χ3v) is 4.57. The van der Waals surface area contributed by atoms with E-state index in [0.717, 1.165) is 18.2 Å². The van der Waals surface area contributed by atoms with E-state index in [1.165, 1.54) is 30.3 Å². The van der Waals surface area contributed by atoms with Crippen LogP contribution in [0.25, 0.3) is 0 Å². The first kappa shape index (κ1) is 23.1. The molecule has 3 rings (SSSR count). The molecule has 0 aliphatic rings. The second-order valence-corrected chi connectivity index (χ2v) is 7.08. The molecule has 0 aliphatic heterocycles. The van der Waals surface area contributed by atoms with Gasteiger partial charge in [0.2, 0.25) is 0 Å². The molecular weight excluding hydrogens is 431 g/mol. The van der Waals surface area contributed by atoms with Gasteiger partial charge >= 0.3 is 6.18 Å². The van der Waals surface area contributed by atoms with E-state index >= 15 is 0 Å². The van der Waals surface area contributed by atoms with Gasteiger partial charge in [-0.1, -0.05) is 24.3 Å². The van der Waals surface area contributed by atoms with E-state index in [9.17, 15) is 22.0 Å². The number of halogens is 5. The Morgan fingerprint density at radius 2 is 1.38 bits per heavy atom. The molecule has 0 radical (unpaired) electrons. The number of benzene rings is 3. The predicted octanol–water partition coefficient (Wildman–Crippen LogP) is 5.73. The van der Waals surface area contributed by atoms with Crippen molar-refractivity contribution in [3.05, 3.63) is 94.0 Å². The van der Waals surface area contributed by atoms with Gasteiger partial charge in [-0.3, -0.25) is 5.41 Å². The lowest BCUT2D eigenvalue weighted by molar-refractivity contribution is -0.137. The highest BCUT2D eigenvalue weighted by molar-refractivity contribution is 5.94. The van der Waals surface area contributed by atoms with Crippen molar-refractivity contribution in [1.82, 2.24) is 0 Å². The highest BCUT2D eigenvalue weighted by Crippen LogP contribution is 2.35. The van der Waals surface area contributed by atoms with Crippen molar-refractivity contribution < 1.29 is 31.4 Å². The number of aryl methyl sites for hydroxylation is 1. The predicted molar refractivity (Wildman–Crippen MR) is 109 cm³/mol. The Balaban J connectivity index is 1.80. The average Bonchev–Trinajstić information content (AvgIpc) is 2.71. The van der Waals surface area contributed by atoms with E-state index in [2.05, 4.69) is 0 Å². The van der Waals surface area contributed by atoms with E-state index in [1.807, 2.05) is 0 Å². The first-order valence-corrected chi connectivity index (χ1v) is 9.38.